The van der Waals surface area contributed by atoms with Gasteiger partial charge in [-0.2, -0.15) is 0 Å². The summed E-state index contributed by atoms with van der Waals surface area (Å²) in [6, 6.07) is 5.00. The monoisotopic (exact) mass is 271 g/mol. The number of carbonyl (C=O) groups is 1. The molecule has 0 aliphatic rings. The van der Waals surface area contributed by atoms with Crippen molar-refractivity contribution in [1.82, 2.24) is 5.32 Å². The Morgan fingerprint density at radius 2 is 2.17 bits per heavy atom. The second kappa shape index (κ2) is 7.36. The zero-order chi connectivity index (χ0) is 13.5. The summed E-state index contributed by atoms with van der Waals surface area (Å²) in [5.74, 6) is -0.342. The number of nitrogens with one attached hydrogen (secondary N) is 1. The van der Waals surface area contributed by atoms with E-state index in [9.17, 15) is 4.79 Å². The van der Waals surface area contributed by atoms with Crippen molar-refractivity contribution in [2.75, 3.05) is 27.4 Å². The number of aryl methyl sites for hydroxylation is 1. The minimum Gasteiger partial charge on any atom is -0.468 e. The lowest BCUT2D eigenvalue weighted by Crippen LogP contribution is -2.32. The summed E-state index contributed by atoms with van der Waals surface area (Å²) in [6.45, 7) is 2.99. The van der Waals surface area contributed by atoms with Gasteiger partial charge in [0.2, 0.25) is 0 Å². The van der Waals surface area contributed by atoms with Crippen LogP contribution in [0.4, 0.5) is 0 Å². The first kappa shape index (κ1) is 15.0. The normalized spacial score (nSPS) is 12.2. The van der Waals surface area contributed by atoms with Crippen LogP contribution in [-0.4, -0.2) is 33.3 Å². The van der Waals surface area contributed by atoms with Crippen LogP contribution >= 0.6 is 11.6 Å². The van der Waals surface area contributed by atoms with Crippen LogP contribution in [0, 0.1) is 6.92 Å². The number of rotatable bonds is 6. The number of benzene rings is 1. The van der Waals surface area contributed by atoms with Gasteiger partial charge >= 0.3 is 5.97 Å². The van der Waals surface area contributed by atoms with E-state index in [0.29, 0.717) is 18.2 Å². The van der Waals surface area contributed by atoms with Gasteiger partial charge in [0.25, 0.3) is 0 Å². The third-order valence-corrected chi connectivity index (χ3v) is 3.03. The summed E-state index contributed by atoms with van der Waals surface area (Å²) < 4.78 is 9.73. The van der Waals surface area contributed by atoms with Gasteiger partial charge in [-0.1, -0.05) is 23.7 Å². The summed E-state index contributed by atoms with van der Waals surface area (Å²) in [5, 5.41) is 3.71. The van der Waals surface area contributed by atoms with Crippen LogP contribution in [0.1, 0.15) is 17.2 Å². The van der Waals surface area contributed by atoms with Crippen LogP contribution in [0.5, 0.6) is 0 Å². The molecule has 0 bridgehead atoms. The molecule has 0 fully saturated rings. The van der Waals surface area contributed by atoms with Crippen molar-refractivity contribution in [1.29, 1.82) is 0 Å². The highest BCUT2D eigenvalue weighted by atomic mass is 35.5. The van der Waals surface area contributed by atoms with Gasteiger partial charge in [-0.15, -0.1) is 0 Å². The highest BCUT2D eigenvalue weighted by Gasteiger charge is 2.21. The second-order valence-electron chi connectivity index (χ2n) is 3.91. The molecule has 0 saturated heterocycles. The van der Waals surface area contributed by atoms with Crippen LogP contribution in [0.3, 0.4) is 0 Å². The smallest absolute Gasteiger partial charge is 0.327 e. The Morgan fingerprint density at radius 1 is 1.44 bits per heavy atom. The molecule has 1 rings (SSSR count). The van der Waals surface area contributed by atoms with E-state index in [4.69, 9.17) is 21.1 Å². The number of hydrogen-bond donors (Lipinski definition) is 1. The standard InChI is InChI=1S/C13H18ClNO3/c1-9-4-5-10(8-11(9)14)12(13(16)18-3)15-6-7-17-2/h4-5,8,12,15H,6-7H2,1-3H3. The molecule has 18 heavy (non-hydrogen) atoms. The fourth-order valence-electron chi connectivity index (χ4n) is 1.55. The third kappa shape index (κ3) is 3.98. The maximum Gasteiger partial charge on any atom is 0.327 e. The van der Waals surface area contributed by atoms with E-state index in [2.05, 4.69) is 5.32 Å². The molecule has 0 saturated carbocycles. The molecule has 0 spiro atoms. The molecule has 1 atom stereocenters. The maximum absolute atomic E-state index is 11.7. The van der Waals surface area contributed by atoms with E-state index in [1.165, 1.54) is 7.11 Å². The predicted octanol–water partition coefficient (Wildman–Crippen LogP) is 2.10. The molecular formula is C13H18ClNO3. The lowest BCUT2D eigenvalue weighted by atomic mass is 10.1. The van der Waals surface area contributed by atoms with Crippen LogP contribution in [-0.2, 0) is 14.3 Å². The summed E-state index contributed by atoms with van der Waals surface area (Å²) in [4.78, 5) is 11.7. The van der Waals surface area contributed by atoms with Gasteiger partial charge in [-0.05, 0) is 24.1 Å². The molecule has 100 valence electrons. The van der Waals surface area contributed by atoms with Gasteiger partial charge in [-0.25, -0.2) is 4.79 Å². The van der Waals surface area contributed by atoms with Crippen molar-refractivity contribution in [3.8, 4) is 0 Å². The fourth-order valence-corrected chi connectivity index (χ4v) is 1.74. The Kier molecular flexibility index (Phi) is 6.12. The first-order valence-corrected chi connectivity index (χ1v) is 6.04. The Balaban J connectivity index is 2.87. The molecule has 0 aliphatic heterocycles. The van der Waals surface area contributed by atoms with Crippen LogP contribution < -0.4 is 5.32 Å². The molecule has 1 unspecified atom stereocenters. The predicted molar refractivity (Wildman–Crippen MR) is 70.8 cm³/mol. The lowest BCUT2D eigenvalue weighted by molar-refractivity contribution is -0.143. The van der Waals surface area contributed by atoms with Crippen molar-refractivity contribution in [3.05, 3.63) is 34.3 Å². The number of esters is 1. The van der Waals surface area contributed by atoms with E-state index in [0.717, 1.165) is 11.1 Å². The molecule has 4 nitrogen and oxygen atoms in total. The molecule has 0 aliphatic carbocycles. The zero-order valence-electron chi connectivity index (χ0n) is 10.8. The molecule has 0 radical (unpaired) electrons. The van der Waals surface area contributed by atoms with Crippen molar-refractivity contribution in [2.45, 2.75) is 13.0 Å². The molecule has 1 aromatic carbocycles. The summed E-state index contributed by atoms with van der Waals surface area (Å²) in [6.07, 6.45) is 0. The van der Waals surface area contributed by atoms with Crippen molar-refractivity contribution >= 4 is 17.6 Å². The van der Waals surface area contributed by atoms with Gasteiger partial charge in [0.15, 0.2) is 0 Å². The number of hydrogen-bond acceptors (Lipinski definition) is 4. The average Bonchev–Trinajstić information content (AvgIpc) is 2.37. The van der Waals surface area contributed by atoms with Crippen LogP contribution in [0.15, 0.2) is 18.2 Å². The first-order valence-electron chi connectivity index (χ1n) is 5.66. The average molecular weight is 272 g/mol. The third-order valence-electron chi connectivity index (χ3n) is 2.62. The summed E-state index contributed by atoms with van der Waals surface area (Å²) in [5.41, 5.74) is 1.76. The molecule has 0 heterocycles. The Bertz CT molecular complexity index is 409. The number of methoxy groups -OCH3 is 2. The van der Waals surface area contributed by atoms with E-state index in [1.54, 1.807) is 13.2 Å². The van der Waals surface area contributed by atoms with Crippen molar-refractivity contribution in [2.24, 2.45) is 0 Å². The topological polar surface area (TPSA) is 47.6 Å². The Hall–Kier alpha value is -1.10. The Morgan fingerprint density at radius 3 is 2.72 bits per heavy atom. The maximum atomic E-state index is 11.7. The zero-order valence-corrected chi connectivity index (χ0v) is 11.6. The molecule has 0 aromatic heterocycles. The second-order valence-corrected chi connectivity index (χ2v) is 4.32. The summed E-state index contributed by atoms with van der Waals surface area (Å²) >= 11 is 6.06. The van der Waals surface area contributed by atoms with E-state index >= 15 is 0 Å². The molecule has 5 heteroatoms. The molecule has 1 N–H and O–H groups in total. The molecule has 1 aromatic rings. The van der Waals surface area contributed by atoms with Gasteiger partial charge in [-0.3, -0.25) is 5.32 Å². The minimum atomic E-state index is -0.525. The van der Waals surface area contributed by atoms with Crippen molar-refractivity contribution in [3.63, 3.8) is 0 Å². The van der Waals surface area contributed by atoms with Crippen LogP contribution in [0.25, 0.3) is 0 Å². The van der Waals surface area contributed by atoms with E-state index in [1.807, 2.05) is 19.1 Å². The first-order chi connectivity index (χ1) is 8.60. The summed E-state index contributed by atoms with van der Waals surface area (Å²) in [7, 11) is 2.97. The molecule has 0 amide bonds. The number of halogens is 1. The highest BCUT2D eigenvalue weighted by Crippen LogP contribution is 2.22. The van der Waals surface area contributed by atoms with Gasteiger partial charge in [0.05, 0.1) is 13.7 Å². The SMILES string of the molecule is COCCNC(C(=O)OC)c1ccc(C)c(Cl)c1. The fraction of sp³-hybridized carbons (Fsp3) is 0.462. The van der Waals surface area contributed by atoms with Gasteiger partial charge in [0.1, 0.15) is 6.04 Å². The number of carbonyl (C=O) groups excluding carboxylic acids is 1. The lowest BCUT2D eigenvalue weighted by Gasteiger charge is -2.17. The minimum absolute atomic E-state index is 0.342. The van der Waals surface area contributed by atoms with Crippen molar-refractivity contribution < 1.29 is 14.3 Å². The quantitative estimate of drug-likeness (QED) is 0.636. The number of ether oxygens (including phenoxy) is 2. The van der Waals surface area contributed by atoms with Crippen LogP contribution in [0.2, 0.25) is 5.02 Å². The highest BCUT2D eigenvalue weighted by molar-refractivity contribution is 6.31. The molecular weight excluding hydrogens is 254 g/mol. The van der Waals surface area contributed by atoms with Gasteiger partial charge < -0.3 is 9.47 Å². The van der Waals surface area contributed by atoms with E-state index in [-0.39, 0.29) is 5.97 Å². The Labute approximate surface area is 112 Å². The van der Waals surface area contributed by atoms with E-state index < -0.39 is 6.04 Å². The largest absolute Gasteiger partial charge is 0.468 e. The van der Waals surface area contributed by atoms with Gasteiger partial charge in [0, 0.05) is 18.7 Å².